The van der Waals surface area contributed by atoms with Crippen molar-refractivity contribution < 1.29 is 4.39 Å². The zero-order valence-electron chi connectivity index (χ0n) is 12.8. The fraction of sp³-hybridized carbons (Fsp3) is 0.211. The van der Waals surface area contributed by atoms with Gasteiger partial charge in [0.15, 0.2) is 0 Å². The molecule has 2 nitrogen and oxygen atoms in total. The molecule has 3 rings (SSSR count). The van der Waals surface area contributed by atoms with Gasteiger partial charge in [0.2, 0.25) is 0 Å². The average Bonchev–Trinajstić information content (AvgIpc) is 2.53. The van der Waals surface area contributed by atoms with Crippen molar-refractivity contribution in [3.8, 4) is 0 Å². The van der Waals surface area contributed by atoms with Crippen LogP contribution in [0, 0.1) is 5.82 Å². The molecule has 0 aromatic heterocycles. The van der Waals surface area contributed by atoms with Crippen molar-refractivity contribution in [1.29, 1.82) is 0 Å². The Bertz CT molecular complexity index is 747. The molecular formula is C19H19FN2. The summed E-state index contributed by atoms with van der Waals surface area (Å²) in [7, 11) is 0. The van der Waals surface area contributed by atoms with Gasteiger partial charge in [-0.25, -0.2) is 4.39 Å². The van der Waals surface area contributed by atoms with E-state index in [1.807, 2.05) is 25.1 Å². The minimum Gasteiger partial charge on any atom is -0.359 e. The van der Waals surface area contributed by atoms with Crippen molar-refractivity contribution in [2.75, 3.05) is 5.32 Å². The first-order valence-electron chi connectivity index (χ1n) is 7.56. The van der Waals surface area contributed by atoms with E-state index in [9.17, 15) is 4.39 Å². The summed E-state index contributed by atoms with van der Waals surface area (Å²) in [5.41, 5.74) is 4.74. The summed E-state index contributed by atoms with van der Waals surface area (Å²) >= 11 is 0. The fourth-order valence-electron chi connectivity index (χ4n) is 2.76. The zero-order valence-corrected chi connectivity index (χ0v) is 12.8. The van der Waals surface area contributed by atoms with Gasteiger partial charge in [-0.3, -0.25) is 4.99 Å². The van der Waals surface area contributed by atoms with Crippen LogP contribution < -0.4 is 5.32 Å². The third-order valence-corrected chi connectivity index (χ3v) is 3.81. The molecule has 1 N–H and O–H groups in total. The first-order chi connectivity index (χ1) is 10.7. The van der Waals surface area contributed by atoms with E-state index in [4.69, 9.17) is 0 Å². The maximum absolute atomic E-state index is 14.0. The lowest BCUT2D eigenvalue weighted by Gasteiger charge is -2.26. The van der Waals surface area contributed by atoms with E-state index in [2.05, 4.69) is 35.5 Å². The first kappa shape index (κ1) is 14.5. The number of aliphatic imine (C=N–C) groups is 1. The van der Waals surface area contributed by atoms with Crippen molar-refractivity contribution in [2.24, 2.45) is 4.99 Å². The summed E-state index contributed by atoms with van der Waals surface area (Å²) in [5, 5.41) is 3.34. The number of fused-ring (bicyclic) bond motifs is 1. The number of nitrogens with one attached hydrogen (secondary N) is 1. The number of rotatable bonds is 3. The van der Waals surface area contributed by atoms with E-state index in [1.165, 1.54) is 6.07 Å². The van der Waals surface area contributed by atoms with Gasteiger partial charge in [-0.1, -0.05) is 49.4 Å². The molecule has 2 aromatic rings. The van der Waals surface area contributed by atoms with Crippen molar-refractivity contribution in [1.82, 2.24) is 0 Å². The topological polar surface area (TPSA) is 24.4 Å². The molecule has 2 aromatic carbocycles. The number of nitrogens with zero attached hydrogens (tertiary/aromatic N) is 1. The number of anilines is 1. The Morgan fingerprint density at radius 2 is 2.00 bits per heavy atom. The molecule has 1 aliphatic rings. The first-order valence-corrected chi connectivity index (χ1v) is 7.56. The molecule has 0 fully saturated rings. The third kappa shape index (κ3) is 2.67. The Balaban J connectivity index is 2.03. The van der Waals surface area contributed by atoms with Gasteiger partial charge in [0.05, 0.1) is 0 Å². The predicted octanol–water partition coefficient (Wildman–Crippen LogP) is 5.18. The van der Waals surface area contributed by atoms with Gasteiger partial charge in [0, 0.05) is 22.5 Å². The van der Waals surface area contributed by atoms with Gasteiger partial charge in [-0.15, -0.1) is 0 Å². The number of hydrogen-bond donors (Lipinski definition) is 1. The summed E-state index contributed by atoms with van der Waals surface area (Å²) in [6.45, 7) is 4.09. The van der Waals surface area contributed by atoms with E-state index in [0.717, 1.165) is 28.9 Å². The van der Waals surface area contributed by atoms with Gasteiger partial charge in [-0.2, -0.15) is 0 Å². The number of allylic oxidation sites excluding steroid dienone is 1. The quantitative estimate of drug-likeness (QED) is 0.828. The molecule has 0 radical (unpaired) electrons. The lowest BCUT2D eigenvalue weighted by Crippen LogP contribution is -2.20. The van der Waals surface area contributed by atoms with Crippen molar-refractivity contribution in [3.63, 3.8) is 0 Å². The van der Waals surface area contributed by atoms with Crippen LogP contribution in [-0.2, 0) is 0 Å². The van der Waals surface area contributed by atoms with Crippen LogP contribution in [0.1, 0.15) is 43.1 Å². The van der Waals surface area contributed by atoms with E-state index in [1.54, 1.807) is 12.1 Å². The van der Waals surface area contributed by atoms with E-state index < -0.39 is 0 Å². The van der Waals surface area contributed by atoms with Gasteiger partial charge in [0.1, 0.15) is 12.0 Å². The summed E-state index contributed by atoms with van der Waals surface area (Å²) in [4.78, 5) is 4.66. The maximum atomic E-state index is 14.0. The number of halogens is 1. The molecule has 1 heterocycles. The van der Waals surface area contributed by atoms with Crippen LogP contribution >= 0.6 is 0 Å². The second-order valence-electron chi connectivity index (χ2n) is 5.36. The Labute approximate surface area is 130 Å². The Morgan fingerprint density at radius 3 is 2.77 bits per heavy atom. The third-order valence-electron chi connectivity index (χ3n) is 3.81. The number of hydrogen-bond acceptors (Lipinski definition) is 2. The van der Waals surface area contributed by atoms with Crippen LogP contribution in [-0.4, -0.2) is 5.71 Å². The molecule has 1 aliphatic heterocycles. The molecule has 3 heteroatoms. The van der Waals surface area contributed by atoms with Gasteiger partial charge in [0.25, 0.3) is 0 Å². The van der Waals surface area contributed by atoms with E-state index >= 15 is 0 Å². The predicted molar refractivity (Wildman–Crippen MR) is 90.7 cm³/mol. The minimum absolute atomic E-state index is 0.234. The SMILES string of the molecule is CC/C=C\c1cccc2c1C(C)=NC(c1ccccc1F)N2. The molecular weight excluding hydrogens is 275 g/mol. The van der Waals surface area contributed by atoms with Crippen molar-refractivity contribution >= 4 is 17.5 Å². The zero-order chi connectivity index (χ0) is 15.5. The van der Waals surface area contributed by atoms with Crippen LogP contribution in [0.5, 0.6) is 0 Å². The van der Waals surface area contributed by atoms with Crippen LogP contribution in [0.3, 0.4) is 0 Å². The summed E-state index contributed by atoms with van der Waals surface area (Å²) in [6, 6.07) is 12.9. The highest BCUT2D eigenvalue weighted by Crippen LogP contribution is 2.33. The molecule has 22 heavy (non-hydrogen) atoms. The maximum Gasteiger partial charge on any atom is 0.147 e. The summed E-state index contributed by atoms with van der Waals surface area (Å²) < 4.78 is 14.0. The standard InChI is InChI=1S/C19H19FN2/c1-3-4-8-14-9-7-12-17-18(14)13(2)21-19(22-17)15-10-5-6-11-16(15)20/h4-12,19,22H,3H2,1-2H3/b8-4-. The molecule has 0 saturated carbocycles. The van der Waals surface area contributed by atoms with Gasteiger partial charge >= 0.3 is 0 Å². The molecule has 0 amide bonds. The van der Waals surface area contributed by atoms with E-state index in [0.29, 0.717) is 5.56 Å². The molecule has 1 atom stereocenters. The normalized spacial score (nSPS) is 17.0. The fourth-order valence-corrected chi connectivity index (χ4v) is 2.76. The summed E-state index contributed by atoms with van der Waals surface area (Å²) in [5.74, 6) is -0.234. The second-order valence-corrected chi connectivity index (χ2v) is 5.36. The Morgan fingerprint density at radius 1 is 1.18 bits per heavy atom. The number of benzene rings is 2. The summed E-state index contributed by atoms with van der Waals surface area (Å²) in [6.07, 6.45) is 4.86. The van der Waals surface area contributed by atoms with Crippen LogP contribution in [0.15, 0.2) is 53.5 Å². The highest BCUT2D eigenvalue weighted by atomic mass is 19.1. The van der Waals surface area contributed by atoms with Gasteiger partial charge in [-0.05, 0) is 31.0 Å². The second kappa shape index (κ2) is 6.14. The largest absolute Gasteiger partial charge is 0.359 e. The van der Waals surface area contributed by atoms with Crippen LogP contribution in [0.4, 0.5) is 10.1 Å². The monoisotopic (exact) mass is 294 g/mol. The van der Waals surface area contributed by atoms with Gasteiger partial charge < -0.3 is 5.32 Å². The molecule has 0 aliphatic carbocycles. The smallest absolute Gasteiger partial charge is 0.147 e. The lowest BCUT2D eigenvalue weighted by molar-refractivity contribution is 0.596. The molecule has 112 valence electrons. The van der Waals surface area contributed by atoms with Crippen molar-refractivity contribution in [2.45, 2.75) is 26.4 Å². The van der Waals surface area contributed by atoms with Crippen molar-refractivity contribution in [3.05, 3.63) is 71.0 Å². The molecule has 1 unspecified atom stereocenters. The minimum atomic E-state index is -0.376. The molecule has 0 saturated heterocycles. The van der Waals surface area contributed by atoms with Crippen LogP contribution in [0.25, 0.3) is 6.08 Å². The highest BCUT2D eigenvalue weighted by Gasteiger charge is 2.22. The Hall–Kier alpha value is -2.42. The average molecular weight is 294 g/mol. The van der Waals surface area contributed by atoms with Crippen LogP contribution in [0.2, 0.25) is 0 Å². The lowest BCUT2D eigenvalue weighted by atomic mass is 9.98. The Kier molecular flexibility index (Phi) is 4.05. The highest BCUT2D eigenvalue weighted by molar-refractivity contribution is 6.07. The van der Waals surface area contributed by atoms with E-state index in [-0.39, 0.29) is 12.0 Å². The molecule has 0 spiro atoms. The molecule has 0 bridgehead atoms.